The third-order valence-electron chi connectivity index (χ3n) is 4.41. The van der Waals surface area contributed by atoms with Gasteiger partial charge in [0.15, 0.2) is 0 Å². The van der Waals surface area contributed by atoms with Gasteiger partial charge in [-0.1, -0.05) is 19.9 Å². The second-order valence-corrected chi connectivity index (χ2v) is 8.46. The van der Waals surface area contributed by atoms with Gasteiger partial charge in [-0.2, -0.15) is 4.31 Å². The minimum atomic E-state index is -3.19. The van der Waals surface area contributed by atoms with Crippen LogP contribution in [0, 0.1) is 0 Å². The van der Waals surface area contributed by atoms with E-state index in [1.165, 1.54) is 4.31 Å². The van der Waals surface area contributed by atoms with Crippen LogP contribution in [0.5, 0.6) is 5.75 Å². The van der Waals surface area contributed by atoms with Gasteiger partial charge in [0.1, 0.15) is 5.75 Å². The van der Waals surface area contributed by atoms with Crippen LogP contribution in [0.1, 0.15) is 42.6 Å². The van der Waals surface area contributed by atoms with Crippen LogP contribution in [-0.2, 0) is 10.0 Å². The molecule has 0 saturated carbocycles. The van der Waals surface area contributed by atoms with Crippen molar-refractivity contribution < 1.29 is 17.9 Å². The van der Waals surface area contributed by atoms with Crippen molar-refractivity contribution in [2.75, 3.05) is 39.0 Å². The van der Waals surface area contributed by atoms with Gasteiger partial charge >= 0.3 is 0 Å². The second-order valence-electron chi connectivity index (χ2n) is 6.21. The smallest absolute Gasteiger partial charge is 0.257 e. The normalized spacial score (nSPS) is 16.5. The topological polar surface area (TPSA) is 66.9 Å². The van der Waals surface area contributed by atoms with E-state index in [9.17, 15) is 13.2 Å². The Bertz CT molecular complexity index is 693. The fraction of sp³-hybridized carbons (Fsp3) is 0.588. The molecule has 1 aliphatic rings. The molecule has 1 aliphatic heterocycles. The zero-order chi connectivity index (χ0) is 17.9. The third-order valence-corrected chi connectivity index (χ3v) is 6.29. The lowest BCUT2D eigenvalue weighted by atomic mass is 10.0. The number of hydrogen-bond acceptors (Lipinski definition) is 4. The fourth-order valence-electron chi connectivity index (χ4n) is 2.77. The van der Waals surface area contributed by atoms with Crippen molar-refractivity contribution in [3.63, 3.8) is 0 Å². The Morgan fingerprint density at radius 2 is 1.83 bits per heavy atom. The number of nitrogens with zero attached hydrogens (tertiary/aromatic N) is 2. The second kappa shape index (κ2) is 7.53. The van der Waals surface area contributed by atoms with Gasteiger partial charge in [0.05, 0.1) is 18.4 Å². The van der Waals surface area contributed by atoms with Crippen LogP contribution in [0.3, 0.4) is 0 Å². The van der Waals surface area contributed by atoms with E-state index in [0.29, 0.717) is 43.4 Å². The van der Waals surface area contributed by atoms with Gasteiger partial charge in [0.2, 0.25) is 10.0 Å². The lowest BCUT2D eigenvalue weighted by Gasteiger charge is -2.34. The summed E-state index contributed by atoms with van der Waals surface area (Å²) in [7, 11) is -1.63. The van der Waals surface area contributed by atoms with Gasteiger partial charge in [0, 0.05) is 26.2 Å². The maximum atomic E-state index is 12.8. The molecular formula is C17H26N2O4S. The molecule has 2 rings (SSSR count). The summed E-state index contributed by atoms with van der Waals surface area (Å²) in [6.07, 6.45) is 0. The quantitative estimate of drug-likeness (QED) is 0.810. The van der Waals surface area contributed by atoms with Gasteiger partial charge in [-0.05, 0) is 30.5 Å². The van der Waals surface area contributed by atoms with E-state index in [1.807, 2.05) is 12.1 Å². The summed E-state index contributed by atoms with van der Waals surface area (Å²) in [6.45, 7) is 7.28. The van der Waals surface area contributed by atoms with Crippen molar-refractivity contribution in [3.05, 3.63) is 29.3 Å². The number of methoxy groups -OCH3 is 1. The molecule has 0 bridgehead atoms. The van der Waals surface area contributed by atoms with E-state index >= 15 is 0 Å². The number of sulfonamides is 1. The highest BCUT2D eigenvalue weighted by Crippen LogP contribution is 2.26. The molecule has 6 nitrogen and oxygen atoms in total. The first-order valence-corrected chi connectivity index (χ1v) is 9.86. The first-order chi connectivity index (χ1) is 11.3. The number of rotatable bonds is 5. The van der Waals surface area contributed by atoms with E-state index in [4.69, 9.17) is 4.74 Å². The Labute approximate surface area is 144 Å². The Hall–Kier alpha value is -1.60. The van der Waals surface area contributed by atoms with Gasteiger partial charge in [-0.25, -0.2) is 8.42 Å². The van der Waals surface area contributed by atoms with E-state index in [-0.39, 0.29) is 11.7 Å². The lowest BCUT2D eigenvalue weighted by Crippen LogP contribution is -2.50. The van der Waals surface area contributed by atoms with Crippen molar-refractivity contribution in [2.45, 2.75) is 26.7 Å². The summed E-state index contributed by atoms with van der Waals surface area (Å²) in [5.41, 5.74) is 1.64. The summed E-state index contributed by atoms with van der Waals surface area (Å²) < 4.78 is 30.7. The standard InChI is InChI=1S/C17H26N2O4S/c1-5-24(21,22)19-10-8-18(9-11-19)17(20)15-7-6-14(13(2)3)12-16(15)23-4/h6-7,12-13H,5,8-11H2,1-4H3. The third kappa shape index (κ3) is 3.89. The van der Waals surface area contributed by atoms with E-state index < -0.39 is 10.0 Å². The molecule has 1 amide bonds. The predicted molar refractivity (Wildman–Crippen MR) is 94.0 cm³/mol. The van der Waals surface area contributed by atoms with Gasteiger partial charge in [-0.15, -0.1) is 0 Å². The fourth-order valence-corrected chi connectivity index (χ4v) is 3.85. The molecule has 134 valence electrons. The number of ether oxygens (including phenoxy) is 1. The van der Waals surface area contributed by atoms with Crippen molar-refractivity contribution in [3.8, 4) is 5.75 Å². The number of carbonyl (C=O) groups excluding carboxylic acids is 1. The van der Waals surface area contributed by atoms with Crippen molar-refractivity contribution in [1.82, 2.24) is 9.21 Å². The van der Waals surface area contributed by atoms with Crippen LogP contribution in [0.15, 0.2) is 18.2 Å². The molecule has 0 radical (unpaired) electrons. The van der Waals surface area contributed by atoms with Crippen LogP contribution in [0.25, 0.3) is 0 Å². The molecular weight excluding hydrogens is 328 g/mol. The number of benzene rings is 1. The minimum absolute atomic E-state index is 0.0887. The highest BCUT2D eigenvalue weighted by atomic mass is 32.2. The zero-order valence-corrected chi connectivity index (χ0v) is 15.6. The van der Waals surface area contributed by atoms with Gasteiger partial charge < -0.3 is 9.64 Å². The first-order valence-electron chi connectivity index (χ1n) is 8.25. The van der Waals surface area contributed by atoms with E-state index in [1.54, 1.807) is 25.0 Å². The van der Waals surface area contributed by atoms with Crippen LogP contribution in [0.4, 0.5) is 0 Å². The Balaban J connectivity index is 2.13. The minimum Gasteiger partial charge on any atom is -0.496 e. The molecule has 0 atom stereocenters. The zero-order valence-electron chi connectivity index (χ0n) is 14.8. The first kappa shape index (κ1) is 18.7. The van der Waals surface area contributed by atoms with Gasteiger partial charge in [0.25, 0.3) is 5.91 Å². The number of carbonyl (C=O) groups is 1. The average molecular weight is 354 g/mol. The highest BCUT2D eigenvalue weighted by Gasteiger charge is 2.29. The summed E-state index contributed by atoms with van der Waals surface area (Å²) in [4.78, 5) is 14.5. The molecule has 0 aliphatic carbocycles. The maximum Gasteiger partial charge on any atom is 0.257 e. The molecule has 0 unspecified atom stereocenters. The molecule has 1 aromatic rings. The summed E-state index contributed by atoms with van der Waals surface area (Å²) >= 11 is 0. The van der Waals surface area contributed by atoms with Crippen LogP contribution in [-0.4, -0.2) is 62.6 Å². The molecule has 1 fully saturated rings. The van der Waals surface area contributed by atoms with E-state index in [0.717, 1.165) is 5.56 Å². The molecule has 1 aromatic carbocycles. The lowest BCUT2D eigenvalue weighted by molar-refractivity contribution is 0.0694. The van der Waals surface area contributed by atoms with Gasteiger partial charge in [-0.3, -0.25) is 4.79 Å². The Morgan fingerprint density at radius 1 is 1.21 bits per heavy atom. The summed E-state index contributed by atoms with van der Waals surface area (Å²) in [5.74, 6) is 0.891. The molecule has 0 spiro atoms. The summed E-state index contributed by atoms with van der Waals surface area (Å²) in [5, 5.41) is 0. The van der Waals surface area contributed by atoms with Crippen LogP contribution < -0.4 is 4.74 Å². The average Bonchev–Trinajstić information content (AvgIpc) is 2.60. The van der Waals surface area contributed by atoms with E-state index in [2.05, 4.69) is 13.8 Å². The van der Waals surface area contributed by atoms with Crippen LogP contribution >= 0.6 is 0 Å². The molecule has 0 aromatic heterocycles. The largest absolute Gasteiger partial charge is 0.496 e. The molecule has 1 heterocycles. The van der Waals surface area contributed by atoms with Crippen molar-refractivity contribution >= 4 is 15.9 Å². The highest BCUT2D eigenvalue weighted by molar-refractivity contribution is 7.89. The van der Waals surface area contributed by atoms with Crippen molar-refractivity contribution in [1.29, 1.82) is 0 Å². The Morgan fingerprint density at radius 3 is 2.33 bits per heavy atom. The predicted octanol–water partition coefficient (Wildman–Crippen LogP) is 1.93. The van der Waals surface area contributed by atoms with Crippen molar-refractivity contribution in [2.24, 2.45) is 0 Å². The Kier molecular flexibility index (Phi) is 5.87. The maximum absolute atomic E-state index is 12.8. The van der Waals surface area contributed by atoms with Crippen LogP contribution in [0.2, 0.25) is 0 Å². The molecule has 24 heavy (non-hydrogen) atoms. The molecule has 1 saturated heterocycles. The number of piperazine rings is 1. The number of hydrogen-bond donors (Lipinski definition) is 0. The number of amides is 1. The SMILES string of the molecule is CCS(=O)(=O)N1CCN(C(=O)c2ccc(C(C)C)cc2OC)CC1. The molecule has 0 N–H and O–H groups in total. The summed E-state index contributed by atoms with van der Waals surface area (Å²) in [6, 6.07) is 5.64. The monoisotopic (exact) mass is 354 g/mol. The molecule has 7 heteroatoms.